The average Bonchev–Trinajstić information content (AvgIpc) is 2.12. The van der Waals surface area contributed by atoms with E-state index in [0.717, 1.165) is 5.56 Å². The zero-order valence-corrected chi connectivity index (χ0v) is 10.8. The van der Waals surface area contributed by atoms with Gasteiger partial charge in [0.2, 0.25) is 0 Å². The molecule has 0 atom stereocenters. The second kappa shape index (κ2) is 4.60. The van der Waals surface area contributed by atoms with E-state index >= 15 is 0 Å². The number of benzene rings is 1. The molecule has 0 saturated heterocycles. The fourth-order valence-corrected chi connectivity index (χ4v) is 1.98. The number of nitrogens with two attached hydrogens (primary N) is 1. The first-order valence-electron chi connectivity index (χ1n) is 5.06. The Morgan fingerprint density at radius 1 is 1.50 bits per heavy atom. The van der Waals surface area contributed by atoms with Crippen LogP contribution in [0.3, 0.4) is 0 Å². The Morgan fingerprint density at radius 2 is 2.06 bits per heavy atom. The molecular formula is C12H17ClFNO. The number of hydrogen-bond acceptors (Lipinski definition) is 2. The van der Waals surface area contributed by atoms with Gasteiger partial charge in [0.05, 0.1) is 12.1 Å². The van der Waals surface area contributed by atoms with E-state index in [-0.39, 0.29) is 5.02 Å². The standard InChI is InChI=1S/C12H17ClFNO/c1-7-5-9(13)10(14)8(11(7)16-4)6-12(2,3)15/h5H,6,15H2,1-4H3. The maximum absolute atomic E-state index is 13.9. The van der Waals surface area contributed by atoms with Crippen molar-refractivity contribution in [3.05, 3.63) is 28.0 Å². The molecule has 0 radical (unpaired) electrons. The summed E-state index contributed by atoms with van der Waals surface area (Å²) < 4.78 is 19.1. The minimum Gasteiger partial charge on any atom is -0.496 e. The smallest absolute Gasteiger partial charge is 0.148 e. The third-order valence-electron chi connectivity index (χ3n) is 2.29. The maximum atomic E-state index is 13.9. The van der Waals surface area contributed by atoms with Gasteiger partial charge < -0.3 is 10.5 Å². The maximum Gasteiger partial charge on any atom is 0.148 e. The van der Waals surface area contributed by atoms with Gasteiger partial charge in [0, 0.05) is 11.1 Å². The summed E-state index contributed by atoms with van der Waals surface area (Å²) in [6, 6.07) is 1.56. The van der Waals surface area contributed by atoms with Gasteiger partial charge in [-0.25, -0.2) is 4.39 Å². The van der Waals surface area contributed by atoms with Crippen LogP contribution in [0.2, 0.25) is 5.02 Å². The van der Waals surface area contributed by atoms with Crippen molar-refractivity contribution >= 4 is 11.6 Å². The first-order chi connectivity index (χ1) is 7.26. The highest BCUT2D eigenvalue weighted by molar-refractivity contribution is 6.31. The van der Waals surface area contributed by atoms with Gasteiger partial charge in [-0.1, -0.05) is 11.6 Å². The first-order valence-corrected chi connectivity index (χ1v) is 5.44. The van der Waals surface area contributed by atoms with Crippen LogP contribution in [-0.4, -0.2) is 12.6 Å². The summed E-state index contributed by atoms with van der Waals surface area (Å²) >= 11 is 5.81. The molecule has 0 unspecified atom stereocenters. The lowest BCUT2D eigenvalue weighted by Gasteiger charge is -2.22. The largest absolute Gasteiger partial charge is 0.496 e. The fourth-order valence-electron chi connectivity index (χ4n) is 1.70. The predicted molar refractivity (Wildman–Crippen MR) is 64.7 cm³/mol. The molecule has 1 aromatic carbocycles. The van der Waals surface area contributed by atoms with E-state index in [1.165, 1.54) is 7.11 Å². The van der Waals surface area contributed by atoms with Crippen LogP contribution in [0.15, 0.2) is 6.07 Å². The molecule has 1 rings (SSSR count). The van der Waals surface area contributed by atoms with Crippen LogP contribution >= 0.6 is 11.6 Å². The summed E-state index contributed by atoms with van der Waals surface area (Å²) in [7, 11) is 1.52. The van der Waals surface area contributed by atoms with Crippen molar-refractivity contribution in [3.8, 4) is 5.75 Å². The Labute approximate surface area is 101 Å². The van der Waals surface area contributed by atoms with Gasteiger partial charge in [0.1, 0.15) is 11.6 Å². The molecule has 90 valence electrons. The van der Waals surface area contributed by atoms with Crippen molar-refractivity contribution in [1.29, 1.82) is 0 Å². The molecule has 0 amide bonds. The third-order valence-corrected chi connectivity index (χ3v) is 2.56. The SMILES string of the molecule is COc1c(C)cc(Cl)c(F)c1CC(C)(C)N. The van der Waals surface area contributed by atoms with Crippen LogP contribution in [-0.2, 0) is 6.42 Å². The van der Waals surface area contributed by atoms with Crippen LogP contribution in [0.5, 0.6) is 5.75 Å². The summed E-state index contributed by atoms with van der Waals surface area (Å²) in [4.78, 5) is 0. The van der Waals surface area contributed by atoms with Crippen molar-refractivity contribution in [2.24, 2.45) is 5.73 Å². The lowest BCUT2D eigenvalue weighted by Crippen LogP contribution is -2.35. The first kappa shape index (κ1) is 13.3. The van der Waals surface area contributed by atoms with Gasteiger partial charge in [-0.2, -0.15) is 0 Å². The van der Waals surface area contributed by atoms with Crippen molar-refractivity contribution in [1.82, 2.24) is 0 Å². The molecular weight excluding hydrogens is 229 g/mol. The number of aryl methyl sites for hydroxylation is 1. The molecule has 0 aliphatic rings. The molecule has 2 nitrogen and oxygen atoms in total. The van der Waals surface area contributed by atoms with E-state index in [2.05, 4.69) is 0 Å². The molecule has 2 N–H and O–H groups in total. The van der Waals surface area contributed by atoms with E-state index in [9.17, 15) is 4.39 Å². The van der Waals surface area contributed by atoms with Crippen molar-refractivity contribution in [2.45, 2.75) is 32.7 Å². The molecule has 0 aliphatic heterocycles. The number of rotatable bonds is 3. The summed E-state index contributed by atoms with van der Waals surface area (Å²) in [5.41, 5.74) is 6.64. The Morgan fingerprint density at radius 3 is 2.50 bits per heavy atom. The normalized spacial score (nSPS) is 11.7. The molecule has 0 bridgehead atoms. The van der Waals surface area contributed by atoms with Crippen LogP contribution in [0.25, 0.3) is 0 Å². The zero-order valence-electron chi connectivity index (χ0n) is 10.0. The Bertz CT molecular complexity index is 399. The van der Waals surface area contributed by atoms with Crippen molar-refractivity contribution in [2.75, 3.05) is 7.11 Å². The number of hydrogen-bond donors (Lipinski definition) is 1. The van der Waals surface area contributed by atoms with E-state index in [1.807, 2.05) is 20.8 Å². The highest BCUT2D eigenvalue weighted by Gasteiger charge is 2.22. The molecule has 0 saturated carbocycles. The third kappa shape index (κ3) is 2.86. The highest BCUT2D eigenvalue weighted by atomic mass is 35.5. The molecule has 0 heterocycles. The van der Waals surface area contributed by atoms with Gasteiger partial charge >= 0.3 is 0 Å². The quantitative estimate of drug-likeness (QED) is 0.888. The Hall–Kier alpha value is -0.800. The number of halogens is 2. The minimum atomic E-state index is -0.509. The molecule has 0 spiro atoms. The second-order valence-corrected chi connectivity index (χ2v) is 5.07. The van der Waals surface area contributed by atoms with E-state index in [0.29, 0.717) is 17.7 Å². The van der Waals surface area contributed by atoms with Gasteiger partial charge in [-0.15, -0.1) is 0 Å². The van der Waals surface area contributed by atoms with E-state index in [1.54, 1.807) is 6.07 Å². The van der Waals surface area contributed by atoms with Crippen LogP contribution < -0.4 is 10.5 Å². The lowest BCUT2D eigenvalue weighted by atomic mass is 9.94. The van der Waals surface area contributed by atoms with Crippen LogP contribution in [0, 0.1) is 12.7 Å². The van der Waals surface area contributed by atoms with Gasteiger partial charge in [-0.3, -0.25) is 0 Å². The summed E-state index contributed by atoms with van der Waals surface area (Å²) in [5.74, 6) is 0.0862. The lowest BCUT2D eigenvalue weighted by molar-refractivity contribution is 0.392. The molecule has 0 aliphatic carbocycles. The minimum absolute atomic E-state index is 0.109. The van der Waals surface area contributed by atoms with E-state index < -0.39 is 11.4 Å². The van der Waals surface area contributed by atoms with Gasteiger partial charge in [0.25, 0.3) is 0 Å². The fraction of sp³-hybridized carbons (Fsp3) is 0.500. The van der Waals surface area contributed by atoms with Crippen molar-refractivity contribution < 1.29 is 9.13 Å². The van der Waals surface area contributed by atoms with Crippen molar-refractivity contribution in [3.63, 3.8) is 0 Å². The number of ether oxygens (including phenoxy) is 1. The molecule has 1 aromatic rings. The van der Waals surface area contributed by atoms with Crippen LogP contribution in [0.1, 0.15) is 25.0 Å². The van der Waals surface area contributed by atoms with Crippen LogP contribution in [0.4, 0.5) is 4.39 Å². The Balaban J connectivity index is 3.33. The molecule has 0 fully saturated rings. The van der Waals surface area contributed by atoms with E-state index in [4.69, 9.17) is 22.1 Å². The monoisotopic (exact) mass is 245 g/mol. The topological polar surface area (TPSA) is 35.2 Å². The second-order valence-electron chi connectivity index (χ2n) is 4.67. The zero-order chi connectivity index (χ0) is 12.5. The number of methoxy groups -OCH3 is 1. The molecule has 0 aromatic heterocycles. The molecule has 16 heavy (non-hydrogen) atoms. The average molecular weight is 246 g/mol. The summed E-state index contributed by atoms with van der Waals surface area (Å²) in [6.07, 6.45) is 0.378. The summed E-state index contributed by atoms with van der Waals surface area (Å²) in [6.45, 7) is 5.50. The predicted octanol–water partition coefficient (Wildman–Crippen LogP) is 3.08. The van der Waals surface area contributed by atoms with Gasteiger partial charge in [0.15, 0.2) is 0 Å². The summed E-state index contributed by atoms with van der Waals surface area (Å²) in [5, 5.41) is 0.109. The highest BCUT2D eigenvalue weighted by Crippen LogP contribution is 2.33. The Kier molecular flexibility index (Phi) is 3.81. The molecule has 4 heteroatoms. The van der Waals surface area contributed by atoms with Gasteiger partial charge in [-0.05, 0) is 38.8 Å².